The highest BCUT2D eigenvalue weighted by molar-refractivity contribution is 8.04. The minimum atomic E-state index is -1.28. The number of carbonyl (C=O) groups excluding carboxylic acids is 7. The van der Waals surface area contributed by atoms with Gasteiger partial charge in [0.25, 0.3) is 0 Å². The van der Waals surface area contributed by atoms with Crippen LogP contribution >= 0.6 is 11.8 Å². The zero-order valence-corrected chi connectivity index (χ0v) is 35.8. The number of thioether (sulfide) groups is 1. The molecule has 60 heavy (non-hydrogen) atoms. The minimum absolute atomic E-state index is 0.0246. The molecule has 0 fully saturated rings. The number of fused-ring (bicyclic) bond motifs is 18. The van der Waals surface area contributed by atoms with Gasteiger partial charge in [0.15, 0.2) is 11.6 Å². The fraction of sp³-hybridized carbons (Fsp3) is 0.400. The summed E-state index contributed by atoms with van der Waals surface area (Å²) in [5.74, 6) is -7.71. The number of carbonyl (C=O) groups is 7. The second-order valence-corrected chi connectivity index (χ2v) is 16.0. The molecule has 3 aliphatic rings. The third-order valence-corrected chi connectivity index (χ3v) is 11.2. The van der Waals surface area contributed by atoms with Gasteiger partial charge in [-0.1, -0.05) is 75.5 Å². The van der Waals surface area contributed by atoms with Crippen LogP contribution in [0.1, 0.15) is 91.0 Å². The molecule has 15 heteroatoms. The highest BCUT2D eigenvalue weighted by Gasteiger charge is 2.39. The lowest BCUT2D eigenvalue weighted by atomic mass is 9.83. The van der Waals surface area contributed by atoms with Gasteiger partial charge in [-0.15, -0.1) is 11.8 Å². The van der Waals surface area contributed by atoms with Crippen molar-refractivity contribution in [2.45, 2.75) is 85.7 Å². The maximum absolute atomic E-state index is 14.5. The van der Waals surface area contributed by atoms with E-state index in [0.717, 1.165) is 13.2 Å². The predicted molar refractivity (Wildman–Crippen MR) is 227 cm³/mol. The maximum Gasteiger partial charge on any atom is 0.329 e. The molecule has 4 bridgehead atoms. The van der Waals surface area contributed by atoms with Crippen molar-refractivity contribution in [3.63, 3.8) is 0 Å². The van der Waals surface area contributed by atoms with E-state index >= 15 is 0 Å². The van der Waals surface area contributed by atoms with E-state index in [1.807, 2.05) is 0 Å². The van der Waals surface area contributed by atoms with Gasteiger partial charge in [-0.2, -0.15) is 0 Å². The molecule has 0 spiro atoms. The fourth-order valence-corrected chi connectivity index (χ4v) is 7.45. The Hall–Kier alpha value is -5.48. The Labute approximate surface area is 353 Å². The minimum Gasteiger partial charge on any atom is -0.507 e. The van der Waals surface area contributed by atoms with Crippen LogP contribution < -0.4 is 10.6 Å². The van der Waals surface area contributed by atoms with Crippen molar-refractivity contribution in [3.05, 3.63) is 111 Å². The van der Waals surface area contributed by atoms with Crippen LogP contribution in [-0.2, 0) is 23.9 Å². The number of phenolic OH excluding ortho intramolecular Hbond substituents is 1. The number of aromatic hydroxyl groups is 1. The number of allylic oxidation sites excluding steroid dienone is 8. The molecular weight excluding hydrogens is 793 g/mol. The van der Waals surface area contributed by atoms with Crippen molar-refractivity contribution in [2.75, 3.05) is 12.9 Å². The van der Waals surface area contributed by atoms with E-state index in [4.69, 9.17) is 4.74 Å². The second-order valence-electron chi connectivity index (χ2n) is 14.9. The third kappa shape index (κ3) is 12.8. The first-order valence-electron chi connectivity index (χ1n) is 19.4. The van der Waals surface area contributed by atoms with E-state index in [2.05, 4.69) is 10.6 Å². The van der Waals surface area contributed by atoms with Gasteiger partial charge in [-0.25, -0.2) is 4.79 Å². The van der Waals surface area contributed by atoms with Crippen LogP contribution in [0.2, 0.25) is 0 Å². The van der Waals surface area contributed by atoms with Gasteiger partial charge in [0.1, 0.15) is 17.5 Å². The molecule has 6 N–H and O–H groups in total. The zero-order valence-electron chi connectivity index (χ0n) is 35.0. The SMILES string of the molecule is COC(=O)[C@H](CSC1=C2NC(=O)\C=C/C=C\C=C/[C@H](C)[C@@H](O)CC(=O)/C(C)=C\C[C@H](O)/C=C\[C@H](C)[C@H](O)[C@@H](C)/C=C(/C)C(=O)c3c(O)c(C)cc(c3C1=O)C2=O)NC(C)=O. The number of phenols is 1. The number of ether oxygens (including phenoxy) is 1. The van der Waals surface area contributed by atoms with Crippen LogP contribution in [0.15, 0.2) is 88.6 Å². The average molecular weight is 847 g/mol. The van der Waals surface area contributed by atoms with Crippen LogP contribution in [0.25, 0.3) is 0 Å². The topological polar surface area (TPSA) is 234 Å². The molecule has 14 nitrogen and oxygen atoms in total. The van der Waals surface area contributed by atoms with Crippen LogP contribution in [0.3, 0.4) is 0 Å². The largest absolute Gasteiger partial charge is 0.507 e. The molecule has 4 rings (SSSR count). The Morgan fingerprint density at radius 3 is 2.18 bits per heavy atom. The van der Waals surface area contributed by atoms with Crippen LogP contribution in [0, 0.1) is 24.7 Å². The average Bonchev–Trinajstić information content (AvgIpc) is 3.20. The van der Waals surface area contributed by atoms with E-state index in [-0.39, 0.29) is 46.0 Å². The molecule has 0 saturated heterocycles. The fourth-order valence-electron chi connectivity index (χ4n) is 6.37. The summed E-state index contributed by atoms with van der Waals surface area (Å²) in [5, 5.41) is 48.6. The highest BCUT2D eigenvalue weighted by atomic mass is 32.2. The first kappa shape index (κ1) is 48.9. The lowest BCUT2D eigenvalue weighted by molar-refractivity contribution is -0.144. The van der Waals surface area contributed by atoms with E-state index < -0.39 is 99.8 Å². The number of aliphatic hydroxyl groups is 3. The first-order chi connectivity index (χ1) is 28.2. The summed E-state index contributed by atoms with van der Waals surface area (Å²) in [4.78, 5) is 93.1. The first-order valence-corrected chi connectivity index (χ1v) is 20.3. The van der Waals surface area contributed by atoms with E-state index in [0.29, 0.717) is 17.3 Å². The van der Waals surface area contributed by atoms with Gasteiger partial charge in [-0.3, -0.25) is 28.8 Å². The molecular formula is C45H54N2O12S. The number of amides is 2. The number of Topliss-reactive ketones (excluding diaryl/α,β-unsaturated/α-hetero) is 4. The predicted octanol–water partition coefficient (Wildman–Crippen LogP) is 4.47. The van der Waals surface area contributed by atoms with Gasteiger partial charge in [0.05, 0.1) is 35.9 Å². The monoisotopic (exact) mass is 846 g/mol. The summed E-state index contributed by atoms with van der Waals surface area (Å²) in [6, 6.07) is -0.0537. The summed E-state index contributed by atoms with van der Waals surface area (Å²) in [6.07, 6.45) is 11.8. The van der Waals surface area contributed by atoms with E-state index in [1.54, 1.807) is 58.1 Å². The smallest absolute Gasteiger partial charge is 0.329 e. The van der Waals surface area contributed by atoms with Gasteiger partial charge in [0, 0.05) is 54.1 Å². The Morgan fingerprint density at radius 2 is 1.53 bits per heavy atom. The number of aliphatic hydroxyl groups excluding tert-OH is 3. The molecule has 0 radical (unpaired) electrons. The second kappa shape index (κ2) is 22.2. The van der Waals surface area contributed by atoms with Crippen molar-refractivity contribution in [2.24, 2.45) is 17.8 Å². The summed E-state index contributed by atoms with van der Waals surface area (Å²) in [5.41, 5.74) is -1.17. The molecule has 0 saturated carbocycles. The number of hydrogen-bond acceptors (Lipinski definition) is 13. The number of esters is 1. The Kier molecular flexibility index (Phi) is 18.1. The Bertz CT molecular complexity index is 2110. The number of nitrogens with one attached hydrogen (secondary N) is 2. The third-order valence-electron chi connectivity index (χ3n) is 10.0. The standard InChI is InChI=1S/C45H54N2O12S/c1-23-13-11-9-10-12-14-35(52)47-38-42(56)31-20-28(6)41(55)37(36(31)43(57)44(38)60-22-32(45(58)59-8)46-29(7)48)40(54)27(5)19-26(4)39(53)25(3)16-18-30(49)17-15-24(2)34(51)21-33(23)50/h9-16,18-20,23,25-26,30,32-33,39,49-50,53,55H,17,21-22H2,1-8H3,(H,46,48)(H,47,52)/b10-9-,13-11-,14-12-,18-16-,24-15-,27-19-/t23-,25-,26-,30-,32-,33-,39-/m0/s1. The van der Waals surface area contributed by atoms with Crippen molar-refractivity contribution < 1.29 is 58.7 Å². The zero-order chi connectivity index (χ0) is 45.0. The van der Waals surface area contributed by atoms with E-state index in [9.17, 15) is 54.0 Å². The molecule has 1 aromatic rings. The maximum atomic E-state index is 14.5. The number of methoxy groups -OCH3 is 1. The highest BCUT2D eigenvalue weighted by Crippen LogP contribution is 2.40. The molecule has 1 aliphatic carbocycles. The molecule has 0 aromatic heterocycles. The van der Waals surface area contributed by atoms with Gasteiger partial charge in [0.2, 0.25) is 23.4 Å². The molecule has 2 aliphatic heterocycles. The molecule has 2 amide bonds. The summed E-state index contributed by atoms with van der Waals surface area (Å²) in [6.45, 7) is 10.7. The van der Waals surface area contributed by atoms with E-state index in [1.165, 1.54) is 51.1 Å². The molecule has 322 valence electrons. The van der Waals surface area contributed by atoms with Crippen LogP contribution in [0.4, 0.5) is 0 Å². The van der Waals surface area contributed by atoms with Crippen LogP contribution in [0.5, 0.6) is 5.75 Å². The van der Waals surface area contributed by atoms with Crippen molar-refractivity contribution in [1.82, 2.24) is 10.6 Å². The lowest BCUT2D eigenvalue weighted by Gasteiger charge is -2.25. The summed E-state index contributed by atoms with van der Waals surface area (Å²) in [7, 11) is 1.10. The van der Waals surface area contributed by atoms with Crippen molar-refractivity contribution in [3.8, 4) is 5.75 Å². The van der Waals surface area contributed by atoms with Crippen LogP contribution in [-0.4, -0.2) is 98.6 Å². The number of benzene rings is 1. The quantitative estimate of drug-likeness (QED) is 0.178. The Balaban J connectivity index is 2.20. The van der Waals surface area contributed by atoms with Crippen molar-refractivity contribution >= 4 is 52.7 Å². The normalized spacial score (nSPS) is 28.4. The molecule has 2 heterocycles. The van der Waals surface area contributed by atoms with Gasteiger partial charge in [-0.05, 0) is 50.0 Å². The number of aryl methyl sites for hydroxylation is 1. The molecule has 7 atom stereocenters. The van der Waals surface area contributed by atoms with Crippen molar-refractivity contribution in [1.29, 1.82) is 0 Å². The lowest BCUT2D eigenvalue weighted by Crippen LogP contribution is -2.42. The summed E-state index contributed by atoms with van der Waals surface area (Å²) >= 11 is 0.651. The number of ketones is 4. The summed E-state index contributed by atoms with van der Waals surface area (Å²) < 4.78 is 4.80. The Morgan fingerprint density at radius 1 is 0.867 bits per heavy atom. The molecule has 0 unspecified atom stereocenters. The van der Waals surface area contributed by atoms with Gasteiger partial charge >= 0.3 is 5.97 Å². The molecule has 1 aromatic carbocycles. The number of rotatable bonds is 5. The number of hydrogen-bond donors (Lipinski definition) is 6. The van der Waals surface area contributed by atoms with Gasteiger partial charge < -0.3 is 35.8 Å².